The molecule has 2 rings (SSSR count). The summed E-state index contributed by atoms with van der Waals surface area (Å²) in [6.45, 7) is 8.11. The van der Waals surface area contributed by atoms with Gasteiger partial charge in [-0.05, 0) is 31.5 Å². The van der Waals surface area contributed by atoms with E-state index < -0.39 is 0 Å². The average molecular weight is 329 g/mol. The van der Waals surface area contributed by atoms with Crippen molar-refractivity contribution in [1.82, 2.24) is 9.78 Å². The summed E-state index contributed by atoms with van der Waals surface area (Å²) in [6, 6.07) is 7.05. The number of amides is 1. The van der Waals surface area contributed by atoms with Gasteiger partial charge in [0.15, 0.2) is 11.5 Å². The molecule has 1 amide bonds. The molecule has 0 aliphatic carbocycles. The summed E-state index contributed by atoms with van der Waals surface area (Å²) in [7, 11) is 1.54. The summed E-state index contributed by atoms with van der Waals surface area (Å²) in [5.41, 5.74) is 0.481. The summed E-state index contributed by atoms with van der Waals surface area (Å²) in [6.07, 6.45) is 4.25. The molecule has 128 valence electrons. The predicted octanol–water partition coefficient (Wildman–Crippen LogP) is 3.68. The van der Waals surface area contributed by atoms with E-state index in [0.717, 1.165) is 6.42 Å². The fraction of sp³-hybridized carbons (Fsp3) is 0.333. The molecule has 6 heteroatoms. The summed E-state index contributed by atoms with van der Waals surface area (Å²) >= 11 is 0. The number of benzene rings is 1. The van der Waals surface area contributed by atoms with Crippen molar-refractivity contribution >= 4 is 11.7 Å². The van der Waals surface area contributed by atoms with Crippen molar-refractivity contribution in [3.63, 3.8) is 0 Å². The number of hydrogen-bond acceptors (Lipinski definition) is 4. The smallest absolute Gasteiger partial charge is 0.256 e. The topological polar surface area (TPSA) is 65.4 Å². The number of aromatic nitrogens is 2. The Hall–Kier alpha value is -2.76. The fourth-order valence-electron chi connectivity index (χ4n) is 2.20. The van der Waals surface area contributed by atoms with Crippen LogP contribution in [0, 0.1) is 0 Å². The Bertz CT molecular complexity index is 709. The zero-order chi connectivity index (χ0) is 17.5. The van der Waals surface area contributed by atoms with Crippen LogP contribution in [-0.2, 0) is 0 Å². The lowest BCUT2D eigenvalue weighted by molar-refractivity contribution is 0.102. The van der Waals surface area contributed by atoms with Gasteiger partial charge in [0.25, 0.3) is 5.91 Å². The number of carbonyl (C=O) groups is 1. The molecule has 1 unspecified atom stereocenters. The highest BCUT2D eigenvalue weighted by atomic mass is 16.5. The predicted molar refractivity (Wildman–Crippen MR) is 93.9 cm³/mol. The van der Waals surface area contributed by atoms with Gasteiger partial charge < -0.3 is 14.8 Å². The molecule has 6 nitrogen and oxygen atoms in total. The van der Waals surface area contributed by atoms with E-state index in [4.69, 9.17) is 9.47 Å². The first-order valence-corrected chi connectivity index (χ1v) is 7.87. The zero-order valence-corrected chi connectivity index (χ0v) is 14.3. The largest absolute Gasteiger partial charge is 0.493 e. The molecule has 0 spiro atoms. The summed E-state index contributed by atoms with van der Waals surface area (Å²) in [5, 5.41) is 7.15. The third kappa shape index (κ3) is 3.95. The van der Waals surface area contributed by atoms with Crippen molar-refractivity contribution in [2.45, 2.75) is 26.3 Å². The first-order valence-electron chi connectivity index (χ1n) is 7.87. The monoisotopic (exact) mass is 329 g/mol. The Balaban J connectivity index is 2.18. The van der Waals surface area contributed by atoms with Crippen LogP contribution in [0.5, 0.6) is 11.5 Å². The number of methoxy groups -OCH3 is 1. The van der Waals surface area contributed by atoms with E-state index in [1.165, 1.54) is 7.11 Å². The molecule has 1 N–H and O–H groups in total. The van der Waals surface area contributed by atoms with Crippen LogP contribution in [0.15, 0.2) is 43.1 Å². The number of nitrogens with zero attached hydrogens (tertiary/aromatic N) is 2. The quantitative estimate of drug-likeness (QED) is 0.750. The highest BCUT2D eigenvalue weighted by Crippen LogP contribution is 2.28. The SMILES string of the molecule is C=CCOc1ccc(C(=O)Nc2ccnn2C(C)CC)cc1OC. The fourth-order valence-corrected chi connectivity index (χ4v) is 2.20. The number of anilines is 1. The number of nitrogens with one attached hydrogen (secondary N) is 1. The van der Waals surface area contributed by atoms with Crippen molar-refractivity contribution in [3.05, 3.63) is 48.7 Å². The number of rotatable bonds is 8. The highest BCUT2D eigenvalue weighted by Gasteiger charge is 2.14. The Morgan fingerprint density at radius 1 is 1.42 bits per heavy atom. The molecule has 1 aromatic carbocycles. The molecule has 0 fully saturated rings. The van der Waals surface area contributed by atoms with E-state index >= 15 is 0 Å². The van der Waals surface area contributed by atoms with Gasteiger partial charge in [-0.1, -0.05) is 19.6 Å². The highest BCUT2D eigenvalue weighted by molar-refractivity contribution is 6.04. The molecule has 0 saturated heterocycles. The van der Waals surface area contributed by atoms with E-state index in [2.05, 4.69) is 30.8 Å². The third-order valence-electron chi connectivity index (χ3n) is 3.70. The van der Waals surface area contributed by atoms with Gasteiger partial charge in [0, 0.05) is 11.6 Å². The van der Waals surface area contributed by atoms with Crippen LogP contribution in [0.3, 0.4) is 0 Å². The van der Waals surface area contributed by atoms with Gasteiger partial charge >= 0.3 is 0 Å². The minimum absolute atomic E-state index is 0.208. The summed E-state index contributed by atoms with van der Waals surface area (Å²) < 4.78 is 12.6. The molecule has 0 saturated carbocycles. The maximum atomic E-state index is 12.5. The van der Waals surface area contributed by atoms with Crippen LogP contribution in [0.1, 0.15) is 36.7 Å². The van der Waals surface area contributed by atoms with Crippen LogP contribution in [0.2, 0.25) is 0 Å². The van der Waals surface area contributed by atoms with Crippen LogP contribution in [0.25, 0.3) is 0 Å². The second-order valence-electron chi connectivity index (χ2n) is 5.34. The summed E-state index contributed by atoms with van der Waals surface area (Å²) in [4.78, 5) is 12.5. The second kappa shape index (κ2) is 8.19. The second-order valence-corrected chi connectivity index (χ2v) is 5.34. The molecule has 0 aliphatic heterocycles. The van der Waals surface area contributed by atoms with E-state index in [9.17, 15) is 4.79 Å². The molecule has 0 radical (unpaired) electrons. The Labute approximate surface area is 142 Å². The number of carbonyl (C=O) groups excluding carboxylic acids is 1. The first kappa shape index (κ1) is 17.6. The molecule has 24 heavy (non-hydrogen) atoms. The maximum Gasteiger partial charge on any atom is 0.256 e. The lowest BCUT2D eigenvalue weighted by Gasteiger charge is -2.15. The lowest BCUT2D eigenvalue weighted by Crippen LogP contribution is -2.17. The average Bonchev–Trinajstić information content (AvgIpc) is 3.07. The maximum absolute atomic E-state index is 12.5. The molecule has 1 atom stereocenters. The first-order chi connectivity index (χ1) is 11.6. The molecule has 0 bridgehead atoms. The van der Waals surface area contributed by atoms with Gasteiger partial charge in [-0.25, -0.2) is 4.68 Å². The molecule has 1 heterocycles. The molecule has 0 aliphatic rings. The van der Waals surface area contributed by atoms with Crippen molar-refractivity contribution < 1.29 is 14.3 Å². The van der Waals surface area contributed by atoms with Crippen LogP contribution in [0.4, 0.5) is 5.82 Å². The van der Waals surface area contributed by atoms with Gasteiger partial charge in [0.05, 0.1) is 19.3 Å². The number of hydrogen-bond donors (Lipinski definition) is 1. The zero-order valence-electron chi connectivity index (χ0n) is 14.3. The van der Waals surface area contributed by atoms with Gasteiger partial charge in [0.2, 0.25) is 0 Å². The van der Waals surface area contributed by atoms with Gasteiger partial charge in [-0.15, -0.1) is 0 Å². The van der Waals surface area contributed by atoms with Crippen molar-refractivity contribution in [2.24, 2.45) is 0 Å². The number of ether oxygens (including phenoxy) is 2. The Morgan fingerprint density at radius 2 is 2.21 bits per heavy atom. The Kier molecular flexibility index (Phi) is 6.01. The standard InChI is InChI=1S/C18H23N3O3/c1-5-11-24-15-8-7-14(12-16(15)23-4)18(22)20-17-9-10-19-21(17)13(3)6-2/h5,7-10,12-13H,1,6,11H2,2-4H3,(H,20,22). The third-order valence-corrected chi connectivity index (χ3v) is 3.70. The minimum Gasteiger partial charge on any atom is -0.493 e. The molecular weight excluding hydrogens is 306 g/mol. The lowest BCUT2D eigenvalue weighted by atomic mass is 10.2. The molecule has 2 aromatic rings. The van der Waals surface area contributed by atoms with Gasteiger partial charge in [-0.2, -0.15) is 5.10 Å². The van der Waals surface area contributed by atoms with E-state index in [1.807, 2.05) is 0 Å². The van der Waals surface area contributed by atoms with E-state index in [0.29, 0.717) is 29.5 Å². The van der Waals surface area contributed by atoms with Crippen LogP contribution >= 0.6 is 0 Å². The normalized spacial score (nSPS) is 11.6. The van der Waals surface area contributed by atoms with Gasteiger partial charge in [0.1, 0.15) is 12.4 Å². The summed E-state index contributed by atoms with van der Waals surface area (Å²) in [5.74, 6) is 1.51. The van der Waals surface area contributed by atoms with Crippen molar-refractivity contribution in [2.75, 3.05) is 19.0 Å². The molecular formula is C18H23N3O3. The van der Waals surface area contributed by atoms with Gasteiger partial charge in [-0.3, -0.25) is 4.79 Å². The molecule has 1 aromatic heterocycles. The Morgan fingerprint density at radius 3 is 2.88 bits per heavy atom. The van der Waals surface area contributed by atoms with Crippen LogP contribution in [-0.4, -0.2) is 29.4 Å². The van der Waals surface area contributed by atoms with Crippen molar-refractivity contribution in [1.29, 1.82) is 0 Å². The van der Waals surface area contributed by atoms with E-state index in [1.54, 1.807) is 41.2 Å². The van der Waals surface area contributed by atoms with E-state index in [-0.39, 0.29) is 11.9 Å². The minimum atomic E-state index is -0.228. The van der Waals surface area contributed by atoms with Crippen LogP contribution < -0.4 is 14.8 Å². The van der Waals surface area contributed by atoms with Crippen molar-refractivity contribution in [3.8, 4) is 11.5 Å².